The van der Waals surface area contributed by atoms with Crippen molar-refractivity contribution in [3.63, 3.8) is 0 Å². The highest BCUT2D eigenvalue weighted by Crippen LogP contribution is 2.43. The number of quaternary nitrogens is 1. The summed E-state index contributed by atoms with van der Waals surface area (Å²) < 4.78 is 30.8. The molecule has 0 aliphatic rings. The molecule has 0 saturated carbocycles. The number of esters is 1. The van der Waals surface area contributed by atoms with Gasteiger partial charge in [-0.05, 0) is 51.0 Å². The first-order valence-corrected chi connectivity index (χ1v) is 36.0. The van der Waals surface area contributed by atoms with Gasteiger partial charge in [-0.15, -0.1) is 0 Å². The molecular weight excluding hydrogens is 1010 g/mol. The molecule has 0 aromatic carbocycles. The molecule has 0 rings (SSSR count). The van der Waals surface area contributed by atoms with E-state index in [2.05, 4.69) is 62.5 Å². The van der Waals surface area contributed by atoms with Crippen molar-refractivity contribution in [1.82, 2.24) is 5.32 Å². The molecule has 0 aromatic heterocycles. The number of nitrogens with one attached hydrogen (secondary N) is 1. The van der Waals surface area contributed by atoms with Crippen LogP contribution in [0.5, 0.6) is 0 Å². The van der Waals surface area contributed by atoms with Gasteiger partial charge in [0.2, 0.25) is 5.91 Å². The van der Waals surface area contributed by atoms with Crippen LogP contribution in [0.1, 0.15) is 335 Å². The smallest absolute Gasteiger partial charge is 0.456 e. The summed E-state index contributed by atoms with van der Waals surface area (Å²) in [6.45, 7) is 6.92. The molecule has 0 saturated heterocycles. The SMILES string of the molecule is CC/C=C/C=C/C=C/CCCCCCCCCC(=O)OC(/C=C\CCCCCCCCCCCC)C(COP(=O)(O)OCC[N+](C)(C)C)NC(=O)CCCCCCCCCCCCCCCCCCCCCCCCCCCCC. The standard InChI is InChI=1S/C70H133N2O7P/c1-7-10-13-16-19-22-25-28-30-31-32-33-34-35-36-37-38-39-40-41-43-44-47-50-53-56-59-62-69(73)71-67(66-78-80(75,76)77-65-64-72(4,5)6)68(61-58-55-52-49-46-27-24-21-18-15-12-9-3)79-70(74)63-60-57-54-51-48-45-42-29-26-23-20-17-14-11-8-2/h11,14,17,20,23,26,58,61,67-68H,7-10,12-13,15-16,18-19,21-22,24-25,27-57,59-60,62-66H2,1-6H3,(H-,71,73,75,76)/p+1/b14-11+,20-17+,26-23+,61-58-. The number of phosphoric ester groups is 1. The third kappa shape index (κ3) is 60.6. The highest BCUT2D eigenvalue weighted by atomic mass is 31.2. The Balaban J connectivity index is 4.97. The van der Waals surface area contributed by atoms with E-state index >= 15 is 0 Å². The lowest BCUT2D eigenvalue weighted by atomic mass is 10.0. The number of unbranched alkanes of at least 4 members (excludes halogenated alkanes) is 43. The van der Waals surface area contributed by atoms with Gasteiger partial charge in [-0.25, -0.2) is 4.57 Å². The maximum Gasteiger partial charge on any atom is 0.472 e. The van der Waals surface area contributed by atoms with Crippen LogP contribution in [0.25, 0.3) is 0 Å². The summed E-state index contributed by atoms with van der Waals surface area (Å²) in [4.78, 5) is 37.8. The van der Waals surface area contributed by atoms with Crippen LogP contribution in [0.4, 0.5) is 0 Å². The summed E-state index contributed by atoms with van der Waals surface area (Å²) in [5.74, 6) is -0.505. The topological polar surface area (TPSA) is 111 Å². The van der Waals surface area contributed by atoms with Crippen molar-refractivity contribution >= 4 is 19.7 Å². The Morgan fingerprint density at radius 2 is 0.800 bits per heavy atom. The van der Waals surface area contributed by atoms with Crippen LogP contribution < -0.4 is 5.32 Å². The predicted molar refractivity (Wildman–Crippen MR) is 346 cm³/mol. The number of allylic oxidation sites excluding steroid dienone is 7. The van der Waals surface area contributed by atoms with Gasteiger partial charge in [-0.2, -0.15) is 0 Å². The van der Waals surface area contributed by atoms with Crippen LogP contribution in [0.15, 0.2) is 48.6 Å². The molecule has 9 nitrogen and oxygen atoms in total. The third-order valence-electron chi connectivity index (χ3n) is 15.6. The lowest BCUT2D eigenvalue weighted by Gasteiger charge is -2.27. The molecule has 3 atom stereocenters. The van der Waals surface area contributed by atoms with E-state index in [0.29, 0.717) is 17.4 Å². The molecule has 0 heterocycles. The maximum atomic E-state index is 13.6. The van der Waals surface area contributed by atoms with E-state index in [1.165, 1.54) is 225 Å². The summed E-state index contributed by atoms with van der Waals surface area (Å²) >= 11 is 0. The van der Waals surface area contributed by atoms with E-state index in [1.807, 2.05) is 33.3 Å². The summed E-state index contributed by atoms with van der Waals surface area (Å²) in [5.41, 5.74) is 0. The Morgan fingerprint density at radius 3 is 1.19 bits per heavy atom. The highest BCUT2D eigenvalue weighted by molar-refractivity contribution is 7.47. The summed E-state index contributed by atoms with van der Waals surface area (Å²) in [7, 11) is 1.50. The number of ether oxygens (including phenoxy) is 1. The molecule has 0 fully saturated rings. The van der Waals surface area contributed by atoms with Gasteiger partial charge in [0.25, 0.3) is 0 Å². The van der Waals surface area contributed by atoms with E-state index in [1.54, 1.807) is 0 Å². The molecule has 0 radical (unpaired) electrons. The number of hydrogen-bond acceptors (Lipinski definition) is 6. The Bertz CT molecular complexity index is 1510. The molecule has 0 bridgehead atoms. The van der Waals surface area contributed by atoms with Gasteiger partial charge < -0.3 is 19.4 Å². The quantitative estimate of drug-likeness (QED) is 0.0156. The first-order valence-electron chi connectivity index (χ1n) is 34.5. The van der Waals surface area contributed by atoms with Gasteiger partial charge in [-0.3, -0.25) is 18.6 Å². The van der Waals surface area contributed by atoms with Crippen molar-refractivity contribution in [1.29, 1.82) is 0 Å². The first-order chi connectivity index (χ1) is 38.9. The van der Waals surface area contributed by atoms with Crippen LogP contribution in [0.2, 0.25) is 0 Å². The van der Waals surface area contributed by atoms with Crippen molar-refractivity contribution in [2.24, 2.45) is 0 Å². The van der Waals surface area contributed by atoms with E-state index in [-0.39, 0.29) is 31.5 Å². The first kappa shape index (κ1) is 78.0. The second kappa shape index (κ2) is 60.1. The molecule has 80 heavy (non-hydrogen) atoms. The highest BCUT2D eigenvalue weighted by Gasteiger charge is 2.30. The lowest BCUT2D eigenvalue weighted by Crippen LogP contribution is -2.47. The third-order valence-corrected chi connectivity index (χ3v) is 16.6. The zero-order chi connectivity index (χ0) is 58.6. The van der Waals surface area contributed by atoms with Crippen LogP contribution >= 0.6 is 7.82 Å². The molecule has 0 aliphatic heterocycles. The van der Waals surface area contributed by atoms with Crippen molar-refractivity contribution in [3.8, 4) is 0 Å². The number of rotatable bonds is 63. The molecule has 2 N–H and O–H groups in total. The zero-order valence-electron chi connectivity index (χ0n) is 53.8. The van der Waals surface area contributed by atoms with Crippen molar-refractivity contribution < 1.29 is 37.3 Å². The van der Waals surface area contributed by atoms with Gasteiger partial charge in [0.1, 0.15) is 19.3 Å². The van der Waals surface area contributed by atoms with Gasteiger partial charge in [0.15, 0.2) is 0 Å². The molecule has 0 spiro atoms. The van der Waals surface area contributed by atoms with Crippen LogP contribution in [-0.2, 0) is 27.9 Å². The maximum absolute atomic E-state index is 13.6. The zero-order valence-corrected chi connectivity index (χ0v) is 54.7. The summed E-state index contributed by atoms with van der Waals surface area (Å²) in [6, 6.07) is -0.851. The average Bonchev–Trinajstić information content (AvgIpc) is 3.43. The van der Waals surface area contributed by atoms with E-state index in [9.17, 15) is 19.0 Å². The Morgan fingerprint density at radius 1 is 0.450 bits per heavy atom. The van der Waals surface area contributed by atoms with Crippen molar-refractivity contribution in [2.45, 2.75) is 348 Å². The number of nitrogens with zero attached hydrogens (tertiary/aromatic N) is 1. The van der Waals surface area contributed by atoms with E-state index in [4.69, 9.17) is 13.8 Å². The monoisotopic (exact) mass is 1150 g/mol. The van der Waals surface area contributed by atoms with E-state index < -0.39 is 20.0 Å². The Labute approximate surface area is 497 Å². The number of phosphoric acid groups is 1. The van der Waals surface area contributed by atoms with Crippen molar-refractivity contribution in [2.75, 3.05) is 40.9 Å². The van der Waals surface area contributed by atoms with Crippen LogP contribution in [0, 0.1) is 0 Å². The molecule has 0 aliphatic carbocycles. The second-order valence-corrected chi connectivity index (χ2v) is 26.2. The van der Waals surface area contributed by atoms with Crippen LogP contribution in [-0.4, -0.2) is 74.3 Å². The molecule has 3 unspecified atom stereocenters. The molecule has 0 aromatic rings. The van der Waals surface area contributed by atoms with Crippen LogP contribution in [0.3, 0.4) is 0 Å². The molecule has 10 heteroatoms. The van der Waals surface area contributed by atoms with Gasteiger partial charge in [0.05, 0.1) is 33.8 Å². The fraction of sp³-hybridized carbons (Fsp3) is 0.857. The number of carbonyl (C=O) groups excluding carboxylic acids is 2. The molecular formula is C70H134N2O7P+. The van der Waals surface area contributed by atoms with E-state index in [0.717, 1.165) is 77.0 Å². The van der Waals surface area contributed by atoms with Gasteiger partial charge in [0, 0.05) is 12.8 Å². The normalized spacial score (nSPS) is 13.8. The van der Waals surface area contributed by atoms with Gasteiger partial charge in [-0.1, -0.05) is 320 Å². The molecule has 1 amide bonds. The number of likely N-dealkylation sites (N-methyl/N-ethyl adjacent to an activating group) is 1. The lowest BCUT2D eigenvalue weighted by molar-refractivity contribution is -0.870. The largest absolute Gasteiger partial charge is 0.472 e. The molecule has 470 valence electrons. The number of amides is 1. The minimum atomic E-state index is -4.45. The fourth-order valence-electron chi connectivity index (χ4n) is 10.3. The Hall–Kier alpha value is -2.03. The fourth-order valence-corrected chi connectivity index (χ4v) is 11.0. The summed E-state index contributed by atoms with van der Waals surface area (Å²) in [6.07, 6.45) is 75.6. The average molecular weight is 1150 g/mol. The van der Waals surface area contributed by atoms with Crippen molar-refractivity contribution in [3.05, 3.63) is 48.6 Å². The predicted octanol–water partition coefficient (Wildman–Crippen LogP) is 21.6. The number of hydrogen-bond donors (Lipinski definition) is 2. The minimum Gasteiger partial charge on any atom is -0.456 e. The Kier molecular flexibility index (Phi) is 58.6. The number of carbonyl (C=O) groups is 2. The minimum absolute atomic E-state index is 0.0394. The second-order valence-electron chi connectivity index (χ2n) is 24.7. The van der Waals surface area contributed by atoms with Gasteiger partial charge >= 0.3 is 13.8 Å². The summed E-state index contributed by atoms with van der Waals surface area (Å²) in [5, 5.41) is 3.07.